The number of hydrogen-bond donors (Lipinski definition) is 1. The predicted molar refractivity (Wildman–Crippen MR) is 122 cm³/mol. The molecule has 0 saturated carbocycles. The van der Waals surface area contributed by atoms with E-state index in [0.717, 1.165) is 64.3 Å². The van der Waals surface area contributed by atoms with Gasteiger partial charge in [0.15, 0.2) is 11.5 Å². The van der Waals surface area contributed by atoms with Crippen LogP contribution in [0.5, 0.6) is 11.5 Å². The highest BCUT2D eigenvalue weighted by Gasteiger charge is 2.28. The van der Waals surface area contributed by atoms with Crippen LogP contribution in [0, 0.1) is 6.92 Å². The van der Waals surface area contributed by atoms with E-state index in [1.807, 2.05) is 18.2 Å². The van der Waals surface area contributed by atoms with Crippen molar-refractivity contribution in [2.45, 2.75) is 38.6 Å². The van der Waals surface area contributed by atoms with Gasteiger partial charge in [0.1, 0.15) is 10.6 Å². The summed E-state index contributed by atoms with van der Waals surface area (Å²) in [4.78, 5) is 13.5. The second kappa shape index (κ2) is 8.96. The smallest absolute Gasteiger partial charge is 0.225 e. The van der Waals surface area contributed by atoms with Gasteiger partial charge < -0.3 is 19.5 Å². The van der Waals surface area contributed by atoms with Crippen LogP contribution in [-0.4, -0.2) is 48.5 Å². The van der Waals surface area contributed by atoms with E-state index in [2.05, 4.69) is 21.8 Å². The number of thiophene rings is 1. The third-order valence-electron chi connectivity index (χ3n) is 5.71. The van der Waals surface area contributed by atoms with Gasteiger partial charge in [-0.05, 0) is 61.9 Å². The molecule has 1 fully saturated rings. The van der Waals surface area contributed by atoms with E-state index in [1.165, 1.54) is 0 Å². The molecule has 1 aromatic carbocycles. The Morgan fingerprint density at radius 2 is 2.00 bits per heavy atom. The van der Waals surface area contributed by atoms with Crippen molar-refractivity contribution < 1.29 is 14.6 Å². The van der Waals surface area contributed by atoms with Gasteiger partial charge in [0.05, 0.1) is 19.6 Å². The van der Waals surface area contributed by atoms with Crippen molar-refractivity contribution in [3.8, 4) is 22.6 Å². The van der Waals surface area contributed by atoms with Crippen LogP contribution in [0.25, 0.3) is 21.3 Å². The predicted octanol–water partition coefficient (Wildman–Crippen LogP) is 5.08. The van der Waals surface area contributed by atoms with Gasteiger partial charge in [-0.25, -0.2) is 4.98 Å². The van der Waals surface area contributed by atoms with Crippen LogP contribution in [0.15, 0.2) is 18.2 Å². The van der Waals surface area contributed by atoms with E-state index in [1.54, 1.807) is 25.6 Å². The highest BCUT2D eigenvalue weighted by molar-refractivity contribution is 7.19. The minimum atomic E-state index is 0.161. The molecule has 3 aromatic rings. The molecule has 1 N–H and O–H groups in total. The Morgan fingerprint density at radius 3 is 2.73 bits per heavy atom. The van der Waals surface area contributed by atoms with Crippen molar-refractivity contribution in [1.82, 2.24) is 9.97 Å². The zero-order valence-electron chi connectivity index (χ0n) is 17.4. The first kappa shape index (κ1) is 21.2. The van der Waals surface area contributed by atoms with Crippen molar-refractivity contribution in [3.63, 3.8) is 0 Å². The maximum Gasteiger partial charge on any atom is 0.225 e. The quantitative estimate of drug-likeness (QED) is 0.531. The van der Waals surface area contributed by atoms with Gasteiger partial charge in [0.2, 0.25) is 5.28 Å². The van der Waals surface area contributed by atoms with Crippen molar-refractivity contribution in [1.29, 1.82) is 0 Å². The summed E-state index contributed by atoms with van der Waals surface area (Å²) in [6.07, 6.45) is 4.02. The van der Waals surface area contributed by atoms with Gasteiger partial charge in [0.25, 0.3) is 0 Å². The Morgan fingerprint density at radius 1 is 1.20 bits per heavy atom. The number of halogens is 1. The number of rotatable bonds is 6. The third-order valence-corrected chi connectivity index (χ3v) is 6.88. The molecular weight excluding hydrogens is 422 g/mol. The number of aliphatic hydroxyl groups is 1. The molecule has 0 aliphatic carbocycles. The minimum Gasteiger partial charge on any atom is -0.493 e. The molecule has 1 unspecified atom stereocenters. The van der Waals surface area contributed by atoms with Gasteiger partial charge >= 0.3 is 0 Å². The summed E-state index contributed by atoms with van der Waals surface area (Å²) in [6.45, 7) is 3.15. The number of hydrogen-bond acceptors (Lipinski definition) is 7. The Hall–Kier alpha value is -2.09. The summed E-state index contributed by atoms with van der Waals surface area (Å²) in [7, 11) is 3.27. The van der Waals surface area contributed by atoms with Crippen molar-refractivity contribution in [3.05, 3.63) is 28.4 Å². The van der Waals surface area contributed by atoms with Gasteiger partial charge in [-0.2, -0.15) is 4.98 Å². The number of methoxy groups -OCH3 is 2. The number of piperidine rings is 1. The number of ether oxygens (including phenoxy) is 2. The number of anilines is 1. The first-order chi connectivity index (χ1) is 14.6. The molecule has 0 spiro atoms. The molecule has 160 valence electrons. The van der Waals surface area contributed by atoms with E-state index in [0.29, 0.717) is 11.5 Å². The van der Waals surface area contributed by atoms with Crippen molar-refractivity contribution >= 4 is 39.0 Å². The largest absolute Gasteiger partial charge is 0.493 e. The van der Waals surface area contributed by atoms with Crippen molar-refractivity contribution in [2.75, 3.05) is 32.3 Å². The molecule has 2 aromatic heterocycles. The lowest BCUT2D eigenvalue weighted by molar-refractivity contribution is 0.262. The van der Waals surface area contributed by atoms with Crippen LogP contribution in [0.1, 0.15) is 30.6 Å². The lowest BCUT2D eigenvalue weighted by Gasteiger charge is -2.37. The molecule has 1 atom stereocenters. The Bertz CT molecular complexity index is 1050. The maximum absolute atomic E-state index is 9.59. The van der Waals surface area contributed by atoms with Gasteiger partial charge in [-0.3, -0.25) is 0 Å². The average Bonchev–Trinajstić information content (AvgIpc) is 3.08. The Kier molecular flexibility index (Phi) is 6.32. The third kappa shape index (κ3) is 3.82. The molecule has 1 saturated heterocycles. The van der Waals surface area contributed by atoms with E-state index in [-0.39, 0.29) is 17.9 Å². The number of nitrogens with zero attached hydrogens (tertiary/aromatic N) is 3. The van der Waals surface area contributed by atoms with E-state index in [4.69, 9.17) is 21.1 Å². The summed E-state index contributed by atoms with van der Waals surface area (Å²) in [5.41, 5.74) is 2.12. The fourth-order valence-electron chi connectivity index (χ4n) is 4.34. The SMILES string of the molecule is COc1ccc(-c2c(C)sc3nc(Cl)nc(N4CCCCC4CCO)c23)cc1OC. The standard InChI is InChI=1S/C22H26ClN3O3S/c1-13-18(14-7-8-16(28-2)17(12-14)29-3)19-20(24-22(23)25-21(19)30-13)26-10-5-4-6-15(26)9-11-27/h7-8,12,15,27H,4-6,9-11H2,1-3H3. The van der Waals surface area contributed by atoms with Gasteiger partial charge in [0, 0.05) is 29.6 Å². The topological polar surface area (TPSA) is 67.7 Å². The second-order valence-corrected chi connectivity index (χ2v) is 9.00. The molecule has 0 radical (unpaired) electrons. The number of aryl methyl sites for hydroxylation is 1. The lowest BCUT2D eigenvalue weighted by atomic mass is 9.97. The van der Waals surface area contributed by atoms with Crippen LogP contribution < -0.4 is 14.4 Å². The number of aliphatic hydroxyl groups excluding tert-OH is 1. The lowest BCUT2D eigenvalue weighted by Crippen LogP contribution is -2.40. The molecule has 1 aliphatic rings. The Labute approximate surface area is 185 Å². The molecule has 30 heavy (non-hydrogen) atoms. The zero-order chi connectivity index (χ0) is 21.3. The number of benzene rings is 1. The Balaban J connectivity index is 1.93. The van der Waals surface area contributed by atoms with Crippen LogP contribution in [0.3, 0.4) is 0 Å². The molecule has 0 bridgehead atoms. The van der Waals surface area contributed by atoms with Crippen LogP contribution in [0.4, 0.5) is 5.82 Å². The van der Waals surface area contributed by atoms with E-state index < -0.39 is 0 Å². The van der Waals surface area contributed by atoms with Gasteiger partial charge in [-0.15, -0.1) is 11.3 Å². The van der Waals surface area contributed by atoms with E-state index in [9.17, 15) is 5.11 Å². The second-order valence-electron chi connectivity index (χ2n) is 7.45. The average molecular weight is 448 g/mol. The monoisotopic (exact) mass is 447 g/mol. The summed E-state index contributed by atoms with van der Waals surface area (Å²) in [5, 5.41) is 10.9. The van der Waals surface area contributed by atoms with Crippen LogP contribution in [0.2, 0.25) is 5.28 Å². The summed E-state index contributed by atoms with van der Waals surface area (Å²) >= 11 is 7.95. The minimum absolute atomic E-state index is 0.161. The zero-order valence-corrected chi connectivity index (χ0v) is 19.0. The summed E-state index contributed by atoms with van der Waals surface area (Å²) in [6, 6.07) is 6.20. The van der Waals surface area contributed by atoms with Crippen molar-refractivity contribution in [2.24, 2.45) is 0 Å². The fraction of sp³-hybridized carbons (Fsp3) is 0.455. The number of fused-ring (bicyclic) bond motifs is 1. The molecule has 8 heteroatoms. The van der Waals surface area contributed by atoms with Crippen LogP contribution in [-0.2, 0) is 0 Å². The fourth-order valence-corrected chi connectivity index (χ4v) is 5.60. The van der Waals surface area contributed by atoms with Crippen LogP contribution >= 0.6 is 22.9 Å². The molecule has 0 amide bonds. The molecular formula is C22H26ClN3O3S. The highest BCUT2D eigenvalue weighted by atomic mass is 35.5. The highest BCUT2D eigenvalue weighted by Crippen LogP contribution is 2.45. The molecule has 4 rings (SSSR count). The summed E-state index contributed by atoms with van der Waals surface area (Å²) in [5.74, 6) is 2.23. The van der Waals surface area contributed by atoms with E-state index >= 15 is 0 Å². The molecule has 6 nitrogen and oxygen atoms in total. The normalized spacial score (nSPS) is 16.8. The number of aromatic nitrogens is 2. The molecule has 3 heterocycles. The first-order valence-electron chi connectivity index (χ1n) is 10.1. The maximum atomic E-state index is 9.59. The van der Waals surface area contributed by atoms with Gasteiger partial charge in [-0.1, -0.05) is 6.07 Å². The molecule has 1 aliphatic heterocycles. The summed E-state index contributed by atoms with van der Waals surface area (Å²) < 4.78 is 10.9. The first-order valence-corrected chi connectivity index (χ1v) is 11.3.